The molecular formula is C19H34N4OS. The zero-order valence-electron chi connectivity index (χ0n) is 16.3. The number of pyridine rings is 1. The fourth-order valence-corrected chi connectivity index (χ4v) is 3.65. The van der Waals surface area contributed by atoms with Crippen LogP contribution in [0, 0.1) is 5.92 Å². The van der Waals surface area contributed by atoms with Crippen LogP contribution in [0.4, 0.5) is 5.82 Å². The highest BCUT2D eigenvalue weighted by Gasteiger charge is 2.38. The fourth-order valence-electron chi connectivity index (χ4n) is 3.34. The van der Waals surface area contributed by atoms with Crippen LogP contribution in [0.1, 0.15) is 53.9 Å². The number of rotatable bonds is 8. The molecule has 0 saturated carbocycles. The van der Waals surface area contributed by atoms with Crippen LogP contribution in [0.15, 0.2) is 23.2 Å². The van der Waals surface area contributed by atoms with E-state index in [1.165, 1.54) is 24.8 Å². The predicted octanol–water partition coefficient (Wildman–Crippen LogP) is 4.11. The van der Waals surface area contributed by atoms with Gasteiger partial charge in [-0.1, -0.05) is 6.07 Å². The summed E-state index contributed by atoms with van der Waals surface area (Å²) in [4.78, 5) is 6.93. The van der Waals surface area contributed by atoms with Gasteiger partial charge in [0.25, 0.3) is 0 Å². The van der Waals surface area contributed by atoms with Crippen molar-refractivity contribution in [2.24, 2.45) is 11.1 Å². The van der Waals surface area contributed by atoms with Crippen molar-refractivity contribution in [3.8, 4) is 0 Å². The van der Waals surface area contributed by atoms with Gasteiger partial charge < -0.3 is 10.1 Å². The Labute approximate surface area is 157 Å². The molecule has 0 radical (unpaired) electrons. The summed E-state index contributed by atoms with van der Waals surface area (Å²) in [7, 11) is 0. The number of nitrogens with one attached hydrogen (secondary N) is 1. The van der Waals surface area contributed by atoms with Gasteiger partial charge in [0.2, 0.25) is 0 Å². The third kappa shape index (κ3) is 6.77. The van der Waals surface area contributed by atoms with Gasteiger partial charge in [0, 0.05) is 18.6 Å². The molecule has 25 heavy (non-hydrogen) atoms. The standard InChI is InChI=1S/C19H34N4OS/c1-18(2,3)24-14-23-13-15(12-19(23,4)5)8-7-11-21-16-9-6-10-17(22-16)25-20/h6,9-10,15H,7-8,11-14,20H2,1-5H3,(H,21,22)/t15-/m0/s1. The van der Waals surface area contributed by atoms with E-state index in [1.54, 1.807) is 0 Å². The highest BCUT2D eigenvalue weighted by atomic mass is 32.2. The lowest BCUT2D eigenvalue weighted by Crippen LogP contribution is -2.41. The minimum absolute atomic E-state index is 0.0819. The summed E-state index contributed by atoms with van der Waals surface area (Å²) in [6.45, 7) is 13.8. The van der Waals surface area contributed by atoms with Crippen LogP contribution >= 0.6 is 11.9 Å². The molecule has 5 nitrogen and oxygen atoms in total. The summed E-state index contributed by atoms with van der Waals surface area (Å²) < 4.78 is 6.00. The molecule has 1 fully saturated rings. The Hall–Kier alpha value is -0.820. The highest BCUT2D eigenvalue weighted by Crippen LogP contribution is 2.35. The largest absolute Gasteiger partial charge is 0.370 e. The normalized spacial score (nSPS) is 20.8. The molecular weight excluding hydrogens is 332 g/mol. The quantitative estimate of drug-likeness (QED) is 0.533. The Morgan fingerprint density at radius 3 is 2.84 bits per heavy atom. The van der Waals surface area contributed by atoms with E-state index >= 15 is 0 Å². The maximum Gasteiger partial charge on any atom is 0.127 e. The number of nitrogens with zero attached hydrogens (tertiary/aromatic N) is 2. The molecule has 0 amide bonds. The third-order valence-corrected chi connectivity index (χ3v) is 5.18. The molecule has 142 valence electrons. The number of hydrogen-bond acceptors (Lipinski definition) is 6. The predicted molar refractivity (Wildman–Crippen MR) is 107 cm³/mol. The Morgan fingerprint density at radius 1 is 1.40 bits per heavy atom. The van der Waals surface area contributed by atoms with Crippen molar-refractivity contribution in [1.29, 1.82) is 0 Å². The van der Waals surface area contributed by atoms with Gasteiger partial charge in [-0.15, -0.1) is 0 Å². The Balaban J connectivity index is 1.72. The second kappa shape index (κ2) is 8.71. The monoisotopic (exact) mass is 366 g/mol. The van der Waals surface area contributed by atoms with E-state index in [0.717, 1.165) is 43.0 Å². The number of nitrogens with two attached hydrogens (primary N) is 1. The molecule has 0 spiro atoms. The smallest absolute Gasteiger partial charge is 0.127 e. The Kier molecular flexibility index (Phi) is 7.14. The molecule has 0 aromatic carbocycles. The van der Waals surface area contributed by atoms with Gasteiger partial charge in [0.1, 0.15) is 17.6 Å². The molecule has 1 atom stereocenters. The molecule has 0 aliphatic carbocycles. The van der Waals surface area contributed by atoms with Gasteiger partial charge in [-0.05, 0) is 83.9 Å². The van der Waals surface area contributed by atoms with Crippen LogP contribution in [0.3, 0.4) is 0 Å². The average molecular weight is 367 g/mol. The molecule has 1 aromatic heterocycles. The molecule has 1 saturated heterocycles. The molecule has 1 aromatic rings. The van der Waals surface area contributed by atoms with E-state index < -0.39 is 0 Å². The van der Waals surface area contributed by atoms with Crippen LogP contribution in [-0.4, -0.2) is 40.8 Å². The summed E-state index contributed by atoms with van der Waals surface area (Å²) in [6.07, 6.45) is 3.61. The van der Waals surface area contributed by atoms with Crippen LogP contribution in [-0.2, 0) is 4.74 Å². The lowest BCUT2D eigenvalue weighted by molar-refractivity contribution is -0.0801. The summed E-state index contributed by atoms with van der Waals surface area (Å²) in [6, 6.07) is 5.89. The SMILES string of the molecule is CC(C)(C)OCN1C[C@@H](CCCNc2cccc(SN)n2)CC1(C)C. The summed E-state index contributed by atoms with van der Waals surface area (Å²) >= 11 is 1.18. The van der Waals surface area contributed by atoms with Gasteiger partial charge in [0.05, 0.1) is 5.60 Å². The first-order valence-corrected chi connectivity index (χ1v) is 10.0. The van der Waals surface area contributed by atoms with Crippen LogP contribution in [0.25, 0.3) is 0 Å². The first kappa shape index (κ1) is 20.5. The van der Waals surface area contributed by atoms with E-state index in [1.807, 2.05) is 18.2 Å². The van der Waals surface area contributed by atoms with E-state index in [0.29, 0.717) is 0 Å². The Morgan fingerprint density at radius 2 is 2.16 bits per heavy atom. The van der Waals surface area contributed by atoms with Gasteiger partial charge in [-0.3, -0.25) is 10.0 Å². The molecule has 1 aliphatic heterocycles. The van der Waals surface area contributed by atoms with Crippen molar-refractivity contribution in [1.82, 2.24) is 9.88 Å². The van der Waals surface area contributed by atoms with Gasteiger partial charge in [-0.25, -0.2) is 4.98 Å². The van der Waals surface area contributed by atoms with Gasteiger partial charge in [0.15, 0.2) is 0 Å². The molecule has 0 unspecified atom stereocenters. The van der Waals surface area contributed by atoms with Gasteiger partial charge >= 0.3 is 0 Å². The van der Waals surface area contributed by atoms with E-state index in [4.69, 9.17) is 9.88 Å². The third-order valence-electron chi connectivity index (χ3n) is 4.72. The maximum atomic E-state index is 6.00. The molecule has 0 bridgehead atoms. The van der Waals surface area contributed by atoms with Crippen molar-refractivity contribution in [3.05, 3.63) is 18.2 Å². The first-order valence-electron chi connectivity index (χ1n) is 9.16. The molecule has 6 heteroatoms. The summed E-state index contributed by atoms with van der Waals surface area (Å²) in [5, 5.41) is 9.80. The van der Waals surface area contributed by atoms with Crippen molar-refractivity contribution in [2.75, 3.05) is 25.1 Å². The second-order valence-corrected chi connectivity index (χ2v) is 9.19. The second-order valence-electron chi connectivity index (χ2n) is 8.54. The van der Waals surface area contributed by atoms with Crippen molar-refractivity contribution in [2.45, 2.75) is 70.0 Å². The van der Waals surface area contributed by atoms with E-state index in [2.05, 4.69) is 49.8 Å². The lowest BCUT2D eigenvalue weighted by Gasteiger charge is -2.33. The number of hydrogen-bond donors (Lipinski definition) is 2. The van der Waals surface area contributed by atoms with E-state index in [-0.39, 0.29) is 11.1 Å². The minimum atomic E-state index is -0.0819. The summed E-state index contributed by atoms with van der Waals surface area (Å²) in [5.41, 5.74) is 0.138. The maximum absolute atomic E-state index is 6.00. The zero-order chi connectivity index (χ0) is 18.5. The van der Waals surface area contributed by atoms with Crippen LogP contribution in [0.5, 0.6) is 0 Å². The number of aromatic nitrogens is 1. The summed E-state index contributed by atoms with van der Waals surface area (Å²) in [5.74, 6) is 1.64. The van der Waals surface area contributed by atoms with Crippen LogP contribution < -0.4 is 10.5 Å². The van der Waals surface area contributed by atoms with Gasteiger partial charge in [-0.2, -0.15) is 0 Å². The number of ether oxygens (including phenoxy) is 1. The van der Waals surface area contributed by atoms with E-state index in [9.17, 15) is 0 Å². The number of anilines is 1. The first-order chi connectivity index (χ1) is 11.7. The number of likely N-dealkylation sites (tertiary alicyclic amines) is 1. The highest BCUT2D eigenvalue weighted by molar-refractivity contribution is 7.97. The molecule has 3 N–H and O–H groups in total. The van der Waals surface area contributed by atoms with Crippen molar-refractivity contribution < 1.29 is 4.74 Å². The van der Waals surface area contributed by atoms with Crippen molar-refractivity contribution in [3.63, 3.8) is 0 Å². The van der Waals surface area contributed by atoms with Crippen LogP contribution in [0.2, 0.25) is 0 Å². The molecule has 2 rings (SSSR count). The molecule has 1 aliphatic rings. The molecule has 2 heterocycles. The fraction of sp³-hybridized carbons (Fsp3) is 0.737. The van der Waals surface area contributed by atoms with Crippen molar-refractivity contribution >= 4 is 17.8 Å². The Bertz CT molecular complexity index is 544. The zero-order valence-corrected chi connectivity index (χ0v) is 17.2. The average Bonchev–Trinajstić information content (AvgIpc) is 2.83. The topological polar surface area (TPSA) is 63.4 Å². The minimum Gasteiger partial charge on any atom is -0.370 e. The lowest BCUT2D eigenvalue weighted by atomic mass is 9.93.